The molecule has 0 aliphatic heterocycles. The molecular weight excluding hydrogens is 298 g/mol. The number of hydrogen-bond acceptors (Lipinski definition) is 1. The van der Waals surface area contributed by atoms with Gasteiger partial charge in [0.15, 0.2) is 0 Å². The average Bonchev–Trinajstić information content (AvgIpc) is 2.34. The first-order valence-electron chi connectivity index (χ1n) is 7.60. The van der Waals surface area contributed by atoms with Crippen LogP contribution in [0.3, 0.4) is 0 Å². The lowest BCUT2D eigenvalue weighted by Crippen LogP contribution is -2.31. The van der Waals surface area contributed by atoms with E-state index < -0.39 is 0 Å². The molecule has 2 heteroatoms. The first-order chi connectivity index (χ1) is 9.10. The molecule has 3 unspecified atom stereocenters. The summed E-state index contributed by atoms with van der Waals surface area (Å²) in [5.74, 6) is 1.67. The Hall–Kier alpha value is -0.340. The van der Waals surface area contributed by atoms with Crippen molar-refractivity contribution >= 4 is 15.9 Å². The zero-order valence-corrected chi connectivity index (χ0v) is 14.0. The SMILES string of the molecule is CCNC(c1cc(C)cc(Br)c1)C1CCCC(C)C1. The zero-order valence-electron chi connectivity index (χ0n) is 12.4. The molecule has 1 aliphatic carbocycles. The molecule has 0 amide bonds. The standard InChI is InChI=1S/C17H26BrN/c1-4-19-17(14-7-5-6-12(2)8-14)15-9-13(3)10-16(18)11-15/h9-12,14,17,19H,4-8H2,1-3H3. The molecule has 1 aromatic rings. The molecular formula is C17H26BrN. The highest BCUT2D eigenvalue weighted by atomic mass is 79.9. The molecule has 1 aromatic carbocycles. The average molecular weight is 324 g/mol. The fourth-order valence-corrected chi connectivity index (χ4v) is 4.13. The van der Waals surface area contributed by atoms with E-state index in [1.807, 2.05) is 0 Å². The van der Waals surface area contributed by atoms with Crippen molar-refractivity contribution in [2.75, 3.05) is 6.54 Å². The van der Waals surface area contributed by atoms with E-state index in [4.69, 9.17) is 0 Å². The summed E-state index contributed by atoms with van der Waals surface area (Å²) in [6.45, 7) is 7.84. The maximum absolute atomic E-state index is 3.72. The number of halogens is 1. The number of benzene rings is 1. The van der Waals surface area contributed by atoms with E-state index in [2.05, 4.69) is 60.2 Å². The van der Waals surface area contributed by atoms with E-state index in [1.54, 1.807) is 0 Å². The molecule has 0 bridgehead atoms. The first kappa shape index (κ1) is 15.1. The number of nitrogens with one attached hydrogen (secondary N) is 1. The molecule has 0 heterocycles. The molecule has 106 valence electrons. The number of aryl methyl sites for hydroxylation is 1. The Morgan fingerprint density at radius 3 is 2.74 bits per heavy atom. The fraction of sp³-hybridized carbons (Fsp3) is 0.647. The van der Waals surface area contributed by atoms with Crippen LogP contribution < -0.4 is 5.32 Å². The third kappa shape index (κ3) is 4.06. The fourth-order valence-electron chi connectivity index (χ4n) is 3.50. The number of hydrogen-bond donors (Lipinski definition) is 1. The molecule has 1 aliphatic rings. The van der Waals surface area contributed by atoms with Crippen molar-refractivity contribution in [3.63, 3.8) is 0 Å². The van der Waals surface area contributed by atoms with E-state index >= 15 is 0 Å². The van der Waals surface area contributed by atoms with Gasteiger partial charge in [0, 0.05) is 10.5 Å². The van der Waals surface area contributed by atoms with Crippen LogP contribution >= 0.6 is 15.9 Å². The van der Waals surface area contributed by atoms with Crippen molar-refractivity contribution in [3.8, 4) is 0 Å². The van der Waals surface area contributed by atoms with Gasteiger partial charge in [-0.3, -0.25) is 0 Å². The van der Waals surface area contributed by atoms with Gasteiger partial charge in [-0.1, -0.05) is 48.7 Å². The summed E-state index contributed by atoms with van der Waals surface area (Å²) < 4.78 is 1.20. The van der Waals surface area contributed by atoms with Gasteiger partial charge in [-0.05, 0) is 61.4 Å². The van der Waals surface area contributed by atoms with Gasteiger partial charge in [0.1, 0.15) is 0 Å². The first-order valence-corrected chi connectivity index (χ1v) is 8.40. The summed E-state index contributed by atoms with van der Waals surface area (Å²) >= 11 is 3.64. The third-order valence-corrected chi connectivity index (χ3v) is 4.75. The van der Waals surface area contributed by atoms with Gasteiger partial charge >= 0.3 is 0 Å². The monoisotopic (exact) mass is 323 g/mol. The summed E-state index contributed by atoms with van der Waals surface area (Å²) in [5, 5.41) is 3.72. The third-order valence-electron chi connectivity index (χ3n) is 4.30. The second kappa shape index (κ2) is 6.90. The molecule has 2 rings (SSSR count). The summed E-state index contributed by atoms with van der Waals surface area (Å²) in [6.07, 6.45) is 5.53. The minimum atomic E-state index is 0.518. The van der Waals surface area contributed by atoms with Crippen LogP contribution in [-0.2, 0) is 0 Å². The van der Waals surface area contributed by atoms with Crippen molar-refractivity contribution in [1.29, 1.82) is 0 Å². The minimum Gasteiger partial charge on any atom is -0.310 e. The molecule has 1 fully saturated rings. The van der Waals surface area contributed by atoms with E-state index in [1.165, 1.54) is 41.3 Å². The van der Waals surface area contributed by atoms with Crippen molar-refractivity contribution in [2.45, 2.75) is 52.5 Å². The molecule has 1 saturated carbocycles. The molecule has 0 radical (unpaired) electrons. The minimum absolute atomic E-state index is 0.518. The summed E-state index contributed by atoms with van der Waals surface area (Å²) in [5.41, 5.74) is 2.80. The summed E-state index contributed by atoms with van der Waals surface area (Å²) in [7, 11) is 0. The Morgan fingerprint density at radius 1 is 1.32 bits per heavy atom. The van der Waals surface area contributed by atoms with Crippen molar-refractivity contribution in [1.82, 2.24) is 5.32 Å². The van der Waals surface area contributed by atoms with Crippen LogP contribution in [0.2, 0.25) is 0 Å². The lowest BCUT2D eigenvalue weighted by Gasteiger charge is -2.34. The maximum atomic E-state index is 3.72. The second-order valence-electron chi connectivity index (χ2n) is 6.13. The molecule has 1 N–H and O–H groups in total. The highest BCUT2D eigenvalue weighted by Gasteiger charge is 2.27. The molecule has 0 spiro atoms. The van der Waals surface area contributed by atoms with Crippen LogP contribution in [0.5, 0.6) is 0 Å². The van der Waals surface area contributed by atoms with Gasteiger partial charge < -0.3 is 5.32 Å². The predicted octanol–water partition coefficient (Wildman–Crippen LogP) is 5.23. The van der Waals surface area contributed by atoms with Crippen molar-refractivity contribution < 1.29 is 0 Å². The van der Waals surface area contributed by atoms with Crippen molar-refractivity contribution in [2.24, 2.45) is 11.8 Å². The van der Waals surface area contributed by atoms with E-state index in [0.29, 0.717) is 6.04 Å². The van der Waals surface area contributed by atoms with Crippen LogP contribution in [0.4, 0.5) is 0 Å². The van der Waals surface area contributed by atoms with Gasteiger partial charge in [0.25, 0.3) is 0 Å². The maximum Gasteiger partial charge on any atom is 0.0349 e. The molecule has 0 aromatic heterocycles. The van der Waals surface area contributed by atoms with Gasteiger partial charge in [0.05, 0.1) is 0 Å². The van der Waals surface area contributed by atoms with Crippen LogP contribution in [0.1, 0.15) is 56.7 Å². The van der Waals surface area contributed by atoms with Gasteiger partial charge in [-0.2, -0.15) is 0 Å². The second-order valence-corrected chi connectivity index (χ2v) is 7.04. The highest BCUT2D eigenvalue weighted by molar-refractivity contribution is 9.10. The van der Waals surface area contributed by atoms with Gasteiger partial charge in [-0.25, -0.2) is 0 Å². The van der Waals surface area contributed by atoms with E-state index in [-0.39, 0.29) is 0 Å². The Bertz CT molecular complexity index is 395. The molecule has 0 saturated heterocycles. The largest absolute Gasteiger partial charge is 0.310 e. The Kier molecular flexibility index (Phi) is 5.47. The van der Waals surface area contributed by atoms with Crippen LogP contribution in [0.25, 0.3) is 0 Å². The zero-order chi connectivity index (χ0) is 13.8. The lowest BCUT2D eigenvalue weighted by molar-refractivity contribution is 0.225. The van der Waals surface area contributed by atoms with Gasteiger partial charge in [-0.15, -0.1) is 0 Å². The Balaban J connectivity index is 2.22. The van der Waals surface area contributed by atoms with Gasteiger partial charge in [0.2, 0.25) is 0 Å². The number of rotatable bonds is 4. The van der Waals surface area contributed by atoms with Crippen molar-refractivity contribution in [3.05, 3.63) is 33.8 Å². The lowest BCUT2D eigenvalue weighted by atomic mass is 9.76. The molecule has 19 heavy (non-hydrogen) atoms. The normalized spacial score (nSPS) is 25.3. The smallest absolute Gasteiger partial charge is 0.0349 e. The topological polar surface area (TPSA) is 12.0 Å². The molecule has 3 atom stereocenters. The quantitative estimate of drug-likeness (QED) is 0.799. The van der Waals surface area contributed by atoms with E-state index in [0.717, 1.165) is 18.4 Å². The summed E-state index contributed by atoms with van der Waals surface area (Å²) in [4.78, 5) is 0. The summed E-state index contributed by atoms with van der Waals surface area (Å²) in [6, 6.07) is 7.34. The Labute approximate surface area is 126 Å². The van der Waals surface area contributed by atoms with E-state index in [9.17, 15) is 0 Å². The predicted molar refractivity (Wildman–Crippen MR) is 86.4 cm³/mol. The Morgan fingerprint density at radius 2 is 2.11 bits per heavy atom. The molecule has 1 nitrogen and oxygen atoms in total. The van der Waals surface area contributed by atoms with Crippen LogP contribution in [0, 0.1) is 18.8 Å². The van der Waals surface area contributed by atoms with Crippen LogP contribution in [-0.4, -0.2) is 6.54 Å². The highest BCUT2D eigenvalue weighted by Crippen LogP contribution is 2.37. The van der Waals surface area contributed by atoms with Crippen LogP contribution in [0.15, 0.2) is 22.7 Å².